The van der Waals surface area contributed by atoms with Crippen molar-refractivity contribution in [2.45, 2.75) is 18.7 Å². The van der Waals surface area contributed by atoms with Crippen molar-refractivity contribution in [2.24, 2.45) is 4.99 Å². The molecule has 0 bridgehead atoms. The minimum absolute atomic E-state index is 0.0457. The molecule has 0 aromatic heterocycles. The van der Waals surface area contributed by atoms with Crippen molar-refractivity contribution in [1.82, 2.24) is 4.90 Å². The van der Waals surface area contributed by atoms with Gasteiger partial charge in [0.15, 0.2) is 0 Å². The predicted octanol–water partition coefficient (Wildman–Crippen LogP) is 2.51. The van der Waals surface area contributed by atoms with Crippen molar-refractivity contribution >= 4 is 40.4 Å². The van der Waals surface area contributed by atoms with E-state index in [-0.39, 0.29) is 11.2 Å². The van der Waals surface area contributed by atoms with Crippen LogP contribution in [0.4, 0.5) is 0 Å². The summed E-state index contributed by atoms with van der Waals surface area (Å²) < 4.78 is 0.652. The topological polar surface area (TPSA) is 32.7 Å². The number of benzene rings is 1. The lowest BCUT2D eigenvalue weighted by atomic mass is 10.2. The molecule has 0 aliphatic carbocycles. The second-order valence-electron chi connectivity index (χ2n) is 3.86. The summed E-state index contributed by atoms with van der Waals surface area (Å²) in [5.41, 5.74) is 1.14. The fourth-order valence-electron chi connectivity index (χ4n) is 1.68. The van der Waals surface area contributed by atoms with Gasteiger partial charge in [-0.15, -0.1) is 0 Å². The molecule has 94 valence electrons. The lowest BCUT2D eigenvalue weighted by Gasteiger charge is -2.10. The van der Waals surface area contributed by atoms with E-state index in [4.69, 9.17) is 12.2 Å². The number of thioether (sulfide) groups is 1. The largest absolute Gasteiger partial charge is 0.297 e. The molecule has 1 atom stereocenters. The molecule has 1 aromatic rings. The third-order valence-electron chi connectivity index (χ3n) is 2.63. The van der Waals surface area contributed by atoms with Crippen LogP contribution in [0.1, 0.15) is 12.5 Å². The van der Waals surface area contributed by atoms with E-state index < -0.39 is 0 Å². The number of hydrogen-bond acceptors (Lipinski definition) is 4. The Labute approximate surface area is 116 Å². The quantitative estimate of drug-likeness (QED) is 0.626. The molecule has 1 saturated heterocycles. The molecule has 1 aromatic carbocycles. The number of amides is 1. The molecule has 0 saturated carbocycles. The highest BCUT2D eigenvalue weighted by atomic mass is 32.2. The lowest BCUT2D eigenvalue weighted by molar-refractivity contribution is -0.124. The van der Waals surface area contributed by atoms with Crippen molar-refractivity contribution in [3.05, 3.63) is 35.9 Å². The molecule has 1 fully saturated rings. The standard InChI is InChI=1S/C13H14N2OS2/c1-2-15-12(16)11(18-13(15)17)9-14-8-10-6-4-3-5-7-10/h3-7,9,11H,2,8H2,1H3/t11-/m1/s1. The molecule has 0 N–H and O–H groups in total. The van der Waals surface area contributed by atoms with Gasteiger partial charge in [-0.1, -0.05) is 54.3 Å². The summed E-state index contributed by atoms with van der Waals surface area (Å²) >= 11 is 6.54. The Balaban J connectivity index is 1.95. The smallest absolute Gasteiger partial charge is 0.247 e. The Morgan fingerprint density at radius 2 is 2.17 bits per heavy atom. The van der Waals surface area contributed by atoms with Gasteiger partial charge in [-0.2, -0.15) is 0 Å². The molecule has 1 aliphatic rings. The molecule has 1 amide bonds. The van der Waals surface area contributed by atoms with Crippen LogP contribution in [0.3, 0.4) is 0 Å². The Hall–Kier alpha value is -1.20. The number of aliphatic imine (C=N–C) groups is 1. The summed E-state index contributed by atoms with van der Waals surface area (Å²) in [7, 11) is 0. The van der Waals surface area contributed by atoms with Crippen LogP contribution in [-0.4, -0.2) is 33.1 Å². The summed E-state index contributed by atoms with van der Waals surface area (Å²) in [5.74, 6) is 0.0457. The van der Waals surface area contributed by atoms with Crippen molar-refractivity contribution in [3.63, 3.8) is 0 Å². The van der Waals surface area contributed by atoms with Gasteiger partial charge in [0.25, 0.3) is 0 Å². The van der Waals surface area contributed by atoms with Crippen LogP contribution in [0.15, 0.2) is 35.3 Å². The van der Waals surface area contributed by atoms with Crippen LogP contribution in [0.25, 0.3) is 0 Å². The Kier molecular flexibility index (Phi) is 4.49. The van der Waals surface area contributed by atoms with E-state index in [0.717, 1.165) is 5.56 Å². The molecule has 0 radical (unpaired) electrons. The number of thiocarbonyl (C=S) groups is 1. The fraction of sp³-hybridized carbons (Fsp3) is 0.308. The minimum atomic E-state index is -0.249. The SMILES string of the molecule is CCN1C(=O)[C@@H](C=NCc2ccccc2)SC1=S. The lowest BCUT2D eigenvalue weighted by Crippen LogP contribution is -2.31. The molecular formula is C13H14N2OS2. The highest BCUT2D eigenvalue weighted by Gasteiger charge is 2.34. The maximum absolute atomic E-state index is 11.9. The van der Waals surface area contributed by atoms with Gasteiger partial charge in [0.2, 0.25) is 5.91 Å². The van der Waals surface area contributed by atoms with Crippen LogP contribution in [-0.2, 0) is 11.3 Å². The van der Waals surface area contributed by atoms with Gasteiger partial charge in [-0.3, -0.25) is 14.7 Å². The third kappa shape index (κ3) is 2.97. The van der Waals surface area contributed by atoms with Crippen molar-refractivity contribution in [1.29, 1.82) is 0 Å². The number of carbonyl (C=O) groups excluding carboxylic acids is 1. The normalized spacial score (nSPS) is 20.1. The monoisotopic (exact) mass is 278 g/mol. The Bertz CT molecular complexity index is 473. The first-order chi connectivity index (χ1) is 8.72. The third-order valence-corrected chi connectivity index (χ3v) is 4.14. The van der Waals surface area contributed by atoms with E-state index in [1.54, 1.807) is 11.1 Å². The van der Waals surface area contributed by atoms with E-state index in [1.165, 1.54) is 11.8 Å². The van der Waals surface area contributed by atoms with Crippen LogP contribution in [0, 0.1) is 0 Å². The zero-order valence-electron chi connectivity index (χ0n) is 10.1. The van der Waals surface area contributed by atoms with Gasteiger partial charge in [-0.25, -0.2) is 0 Å². The van der Waals surface area contributed by atoms with Crippen LogP contribution < -0.4 is 0 Å². The Morgan fingerprint density at radius 3 is 2.78 bits per heavy atom. The molecule has 2 rings (SSSR count). The Morgan fingerprint density at radius 1 is 1.44 bits per heavy atom. The average Bonchev–Trinajstić information content (AvgIpc) is 2.65. The summed E-state index contributed by atoms with van der Waals surface area (Å²) in [6.45, 7) is 3.16. The van der Waals surface area contributed by atoms with Crippen LogP contribution >= 0.6 is 24.0 Å². The van der Waals surface area contributed by atoms with Crippen LogP contribution in [0.2, 0.25) is 0 Å². The molecule has 3 nitrogen and oxygen atoms in total. The van der Waals surface area contributed by atoms with E-state index >= 15 is 0 Å². The van der Waals surface area contributed by atoms with Crippen LogP contribution in [0.5, 0.6) is 0 Å². The van der Waals surface area contributed by atoms with E-state index in [9.17, 15) is 4.79 Å². The number of nitrogens with zero attached hydrogens (tertiary/aromatic N) is 2. The molecule has 5 heteroatoms. The van der Waals surface area contributed by atoms with E-state index in [2.05, 4.69) is 4.99 Å². The van der Waals surface area contributed by atoms with Gasteiger partial charge in [0, 0.05) is 12.8 Å². The van der Waals surface area contributed by atoms with E-state index in [1.807, 2.05) is 37.3 Å². The van der Waals surface area contributed by atoms with Crippen molar-refractivity contribution < 1.29 is 4.79 Å². The van der Waals surface area contributed by atoms with Crippen molar-refractivity contribution in [2.75, 3.05) is 6.54 Å². The number of rotatable bonds is 4. The van der Waals surface area contributed by atoms with Crippen molar-refractivity contribution in [3.8, 4) is 0 Å². The van der Waals surface area contributed by atoms with Gasteiger partial charge >= 0.3 is 0 Å². The molecule has 18 heavy (non-hydrogen) atoms. The predicted molar refractivity (Wildman–Crippen MR) is 80.0 cm³/mol. The second-order valence-corrected chi connectivity index (χ2v) is 5.64. The summed E-state index contributed by atoms with van der Waals surface area (Å²) in [6, 6.07) is 9.97. The molecule has 0 spiro atoms. The van der Waals surface area contributed by atoms with E-state index in [0.29, 0.717) is 17.4 Å². The highest BCUT2D eigenvalue weighted by molar-refractivity contribution is 8.24. The second kappa shape index (κ2) is 6.11. The molecule has 1 aliphatic heterocycles. The van der Waals surface area contributed by atoms with Gasteiger partial charge in [0.1, 0.15) is 9.57 Å². The maximum atomic E-state index is 11.9. The first kappa shape index (κ1) is 13.2. The maximum Gasteiger partial charge on any atom is 0.247 e. The zero-order chi connectivity index (χ0) is 13.0. The van der Waals surface area contributed by atoms with Gasteiger partial charge < -0.3 is 0 Å². The molecule has 1 heterocycles. The number of carbonyl (C=O) groups is 1. The van der Waals surface area contributed by atoms with Gasteiger partial charge in [0.05, 0.1) is 6.54 Å². The highest BCUT2D eigenvalue weighted by Crippen LogP contribution is 2.25. The summed E-state index contributed by atoms with van der Waals surface area (Å²) in [4.78, 5) is 17.9. The minimum Gasteiger partial charge on any atom is -0.297 e. The fourth-order valence-corrected chi connectivity index (χ4v) is 3.15. The zero-order valence-corrected chi connectivity index (χ0v) is 11.7. The average molecular weight is 278 g/mol. The molecular weight excluding hydrogens is 264 g/mol. The summed E-state index contributed by atoms with van der Waals surface area (Å²) in [5, 5.41) is -0.249. The molecule has 0 unspecified atom stereocenters. The first-order valence-electron chi connectivity index (χ1n) is 5.78. The summed E-state index contributed by atoms with van der Waals surface area (Å²) in [6.07, 6.45) is 1.71. The number of hydrogen-bond donors (Lipinski definition) is 0. The van der Waals surface area contributed by atoms with Gasteiger partial charge in [-0.05, 0) is 12.5 Å². The first-order valence-corrected chi connectivity index (χ1v) is 7.07.